The summed E-state index contributed by atoms with van der Waals surface area (Å²) in [5, 5.41) is 1.27. The molecule has 0 spiro atoms. The number of carbonyl (C=O) groups excluding carboxylic acids is 2. The number of hydrogen-bond acceptors (Lipinski definition) is 4. The lowest BCUT2D eigenvalue weighted by Gasteiger charge is -2.24. The lowest BCUT2D eigenvalue weighted by atomic mass is 9.87. The SMILES string of the molecule is CON(C)C(=O)CC1CC/C=C/C[C@H](c2ccccc2)OC(=O)c2c(C)cc(C)cc2C1. The number of allylic oxidation sites excluding steroid dienone is 1. The number of hydrogen-bond donors (Lipinski definition) is 0. The number of hydroxylamine groups is 2. The fraction of sp³-hybridized carbons (Fsp3) is 0.407. The van der Waals surface area contributed by atoms with Crippen molar-refractivity contribution in [2.75, 3.05) is 14.2 Å². The summed E-state index contributed by atoms with van der Waals surface area (Å²) in [6.45, 7) is 3.98. The molecule has 3 rings (SSSR count). The number of fused-ring (bicyclic) bond motifs is 1. The van der Waals surface area contributed by atoms with Gasteiger partial charge in [-0.3, -0.25) is 9.63 Å². The van der Waals surface area contributed by atoms with Crippen molar-refractivity contribution in [3.05, 3.63) is 82.4 Å². The largest absolute Gasteiger partial charge is 0.454 e. The summed E-state index contributed by atoms with van der Waals surface area (Å²) in [7, 11) is 3.11. The highest BCUT2D eigenvalue weighted by molar-refractivity contribution is 5.93. The average Bonchev–Trinajstić information content (AvgIpc) is 2.76. The van der Waals surface area contributed by atoms with E-state index in [1.807, 2.05) is 50.2 Å². The van der Waals surface area contributed by atoms with Gasteiger partial charge in [0.05, 0.1) is 12.7 Å². The van der Waals surface area contributed by atoms with Crippen LogP contribution in [0.1, 0.15) is 64.4 Å². The van der Waals surface area contributed by atoms with Gasteiger partial charge in [0.2, 0.25) is 5.91 Å². The van der Waals surface area contributed by atoms with Gasteiger partial charge in [0, 0.05) is 19.9 Å². The summed E-state index contributed by atoms with van der Waals surface area (Å²) >= 11 is 0. The van der Waals surface area contributed by atoms with Crippen LogP contribution in [0.4, 0.5) is 0 Å². The van der Waals surface area contributed by atoms with Gasteiger partial charge in [0.1, 0.15) is 6.10 Å². The van der Waals surface area contributed by atoms with Gasteiger partial charge in [-0.1, -0.05) is 60.2 Å². The van der Waals surface area contributed by atoms with Gasteiger partial charge in [0.25, 0.3) is 0 Å². The second kappa shape index (κ2) is 11.1. The Morgan fingerprint density at radius 1 is 1.16 bits per heavy atom. The van der Waals surface area contributed by atoms with Crippen LogP contribution in [0.5, 0.6) is 0 Å². The molecule has 0 saturated carbocycles. The quantitative estimate of drug-likeness (QED) is 0.361. The molecule has 5 heteroatoms. The van der Waals surface area contributed by atoms with Crippen molar-refractivity contribution in [2.24, 2.45) is 5.92 Å². The van der Waals surface area contributed by atoms with Crippen LogP contribution in [0.25, 0.3) is 0 Å². The Morgan fingerprint density at radius 2 is 1.91 bits per heavy atom. The molecule has 1 aliphatic rings. The lowest BCUT2D eigenvalue weighted by Crippen LogP contribution is -2.28. The number of nitrogens with zero attached hydrogens (tertiary/aromatic N) is 1. The number of esters is 1. The molecule has 0 aromatic heterocycles. The monoisotopic (exact) mass is 435 g/mol. The first-order chi connectivity index (χ1) is 15.4. The highest BCUT2D eigenvalue weighted by Gasteiger charge is 2.25. The average molecular weight is 436 g/mol. The Morgan fingerprint density at radius 3 is 2.62 bits per heavy atom. The molecule has 0 radical (unpaired) electrons. The summed E-state index contributed by atoms with van der Waals surface area (Å²) < 4.78 is 6.04. The van der Waals surface area contributed by atoms with Crippen molar-refractivity contribution in [3.63, 3.8) is 0 Å². The Balaban J connectivity index is 1.96. The van der Waals surface area contributed by atoms with E-state index in [4.69, 9.17) is 9.57 Å². The second-order valence-corrected chi connectivity index (χ2v) is 8.55. The summed E-state index contributed by atoms with van der Waals surface area (Å²) in [4.78, 5) is 31.0. The summed E-state index contributed by atoms with van der Waals surface area (Å²) in [6.07, 6.45) is 7.22. The van der Waals surface area contributed by atoms with E-state index in [1.165, 1.54) is 12.2 Å². The molecule has 1 heterocycles. The van der Waals surface area contributed by atoms with Crippen LogP contribution >= 0.6 is 0 Å². The highest BCUT2D eigenvalue weighted by Crippen LogP contribution is 2.30. The van der Waals surface area contributed by atoms with Crippen molar-refractivity contribution in [3.8, 4) is 0 Å². The minimum atomic E-state index is -0.333. The second-order valence-electron chi connectivity index (χ2n) is 8.55. The lowest BCUT2D eigenvalue weighted by molar-refractivity contribution is -0.169. The number of benzene rings is 2. The molecule has 1 unspecified atom stereocenters. The van der Waals surface area contributed by atoms with Crippen molar-refractivity contribution in [2.45, 2.75) is 52.1 Å². The Hall–Kier alpha value is -2.92. The third-order valence-corrected chi connectivity index (χ3v) is 6.04. The maximum atomic E-state index is 13.4. The van der Waals surface area contributed by atoms with Crippen LogP contribution in [0.3, 0.4) is 0 Å². The highest BCUT2D eigenvalue weighted by atomic mass is 16.7. The van der Waals surface area contributed by atoms with E-state index in [0.717, 1.165) is 35.1 Å². The smallest absolute Gasteiger partial charge is 0.339 e. The summed E-state index contributed by atoms with van der Waals surface area (Å²) in [5.41, 5.74) is 4.56. The minimum absolute atomic E-state index is 0.0637. The molecule has 0 fully saturated rings. The van der Waals surface area contributed by atoms with E-state index in [9.17, 15) is 9.59 Å². The molecule has 2 atom stereocenters. The van der Waals surface area contributed by atoms with Gasteiger partial charge < -0.3 is 4.74 Å². The zero-order valence-electron chi connectivity index (χ0n) is 19.5. The van der Waals surface area contributed by atoms with Crippen molar-refractivity contribution in [1.29, 1.82) is 0 Å². The molecule has 170 valence electrons. The van der Waals surface area contributed by atoms with Gasteiger partial charge >= 0.3 is 5.97 Å². The van der Waals surface area contributed by atoms with Crippen molar-refractivity contribution >= 4 is 11.9 Å². The first kappa shape index (κ1) is 23.7. The summed E-state index contributed by atoms with van der Waals surface area (Å²) in [5.74, 6) is -0.271. The van der Waals surface area contributed by atoms with Gasteiger partial charge in [-0.2, -0.15) is 0 Å². The predicted octanol–water partition coefficient (Wildman–Crippen LogP) is 5.51. The number of cyclic esters (lactones) is 1. The van der Waals surface area contributed by atoms with E-state index < -0.39 is 0 Å². The molecular formula is C27H33NO4. The van der Waals surface area contributed by atoms with Crippen LogP contribution in [-0.4, -0.2) is 31.1 Å². The first-order valence-electron chi connectivity index (χ1n) is 11.2. The molecular weight excluding hydrogens is 402 g/mol. The number of amides is 1. The minimum Gasteiger partial charge on any atom is -0.454 e. The number of aryl methyl sites for hydroxylation is 2. The van der Waals surface area contributed by atoms with E-state index in [1.54, 1.807) is 7.05 Å². The molecule has 0 N–H and O–H groups in total. The van der Waals surface area contributed by atoms with E-state index in [2.05, 4.69) is 18.2 Å². The third kappa shape index (κ3) is 6.07. The fourth-order valence-electron chi connectivity index (χ4n) is 4.35. The van der Waals surface area contributed by atoms with Crippen LogP contribution < -0.4 is 0 Å². The van der Waals surface area contributed by atoms with Gasteiger partial charge in [-0.05, 0) is 55.7 Å². The number of rotatable bonds is 4. The number of ether oxygens (including phenoxy) is 1. The zero-order chi connectivity index (χ0) is 23.1. The maximum Gasteiger partial charge on any atom is 0.339 e. The van der Waals surface area contributed by atoms with Crippen LogP contribution in [0, 0.1) is 19.8 Å². The predicted molar refractivity (Wildman–Crippen MR) is 125 cm³/mol. The van der Waals surface area contributed by atoms with Crippen LogP contribution in [0.2, 0.25) is 0 Å². The Labute approximate surface area is 191 Å². The molecule has 5 nitrogen and oxygen atoms in total. The molecule has 0 saturated heterocycles. The maximum absolute atomic E-state index is 13.4. The molecule has 32 heavy (non-hydrogen) atoms. The third-order valence-electron chi connectivity index (χ3n) is 6.04. The molecule has 1 aliphatic heterocycles. The molecule has 2 aromatic carbocycles. The topological polar surface area (TPSA) is 55.8 Å². The molecule has 0 bridgehead atoms. The summed E-state index contributed by atoms with van der Waals surface area (Å²) in [6, 6.07) is 13.9. The first-order valence-corrected chi connectivity index (χ1v) is 11.2. The van der Waals surface area contributed by atoms with E-state index in [0.29, 0.717) is 24.8 Å². The normalized spacial score (nSPS) is 20.3. The van der Waals surface area contributed by atoms with E-state index >= 15 is 0 Å². The standard InChI is InChI=1S/C27H33NO4/c1-19-15-20(2)26-23(16-19)17-21(18-25(29)28(3)31-4)11-7-5-10-14-24(32-27(26)30)22-12-8-6-9-13-22/h5-6,8-10,12-13,15-16,21,24H,7,11,14,17-18H2,1-4H3/b10-5+/t21?,24-/m1/s1. The Bertz CT molecular complexity index is 967. The van der Waals surface area contributed by atoms with Gasteiger partial charge in [-0.15, -0.1) is 0 Å². The van der Waals surface area contributed by atoms with Gasteiger partial charge in [-0.25, -0.2) is 9.86 Å². The van der Waals surface area contributed by atoms with Crippen LogP contribution in [0.15, 0.2) is 54.6 Å². The zero-order valence-corrected chi connectivity index (χ0v) is 19.5. The fourth-order valence-corrected chi connectivity index (χ4v) is 4.35. The Kier molecular flexibility index (Phi) is 8.23. The van der Waals surface area contributed by atoms with Crippen LogP contribution in [-0.2, 0) is 20.8 Å². The molecule has 2 aromatic rings. The van der Waals surface area contributed by atoms with E-state index in [-0.39, 0.29) is 23.9 Å². The van der Waals surface area contributed by atoms with Crippen molar-refractivity contribution < 1.29 is 19.2 Å². The molecule has 0 aliphatic carbocycles. The molecule has 1 amide bonds. The van der Waals surface area contributed by atoms with Gasteiger partial charge in [0.15, 0.2) is 0 Å². The number of carbonyl (C=O) groups is 2. The van der Waals surface area contributed by atoms with Crippen molar-refractivity contribution in [1.82, 2.24) is 5.06 Å².